The van der Waals surface area contributed by atoms with E-state index in [4.69, 9.17) is 18.9 Å². The van der Waals surface area contributed by atoms with Crippen molar-refractivity contribution in [3.8, 4) is 0 Å². The largest absolute Gasteiger partial charge is 0.467 e. The van der Waals surface area contributed by atoms with Gasteiger partial charge in [-0.05, 0) is 55.4 Å². The van der Waals surface area contributed by atoms with Crippen LogP contribution in [0.15, 0.2) is 12.2 Å². The molecule has 0 spiro atoms. The van der Waals surface area contributed by atoms with Crippen molar-refractivity contribution in [3.05, 3.63) is 12.2 Å². The number of rotatable bonds is 16. The molecule has 0 unspecified atom stereocenters. The number of hydrogen-bond donors (Lipinski definition) is 4. The van der Waals surface area contributed by atoms with Gasteiger partial charge in [-0.2, -0.15) is 0 Å². The summed E-state index contributed by atoms with van der Waals surface area (Å²) < 4.78 is 20.9. The Hall–Kier alpha value is -3.52. The third kappa shape index (κ3) is 15.8. The first kappa shape index (κ1) is 40.5. The van der Waals surface area contributed by atoms with Crippen LogP contribution in [-0.4, -0.2) is 97.9 Å². The van der Waals surface area contributed by atoms with E-state index in [1.165, 1.54) is 41.7 Å². The van der Waals surface area contributed by atoms with Crippen molar-refractivity contribution in [2.75, 3.05) is 33.5 Å². The van der Waals surface area contributed by atoms with E-state index < -0.39 is 58.1 Å². The Morgan fingerprint density at radius 1 is 0.682 bits per heavy atom. The van der Waals surface area contributed by atoms with Crippen LogP contribution in [-0.2, 0) is 42.9 Å². The van der Waals surface area contributed by atoms with Gasteiger partial charge in [-0.25, -0.2) is 9.59 Å². The van der Waals surface area contributed by atoms with Crippen LogP contribution in [0.2, 0.25) is 0 Å². The number of carbonyl (C=O) groups excluding carboxylic acids is 6. The summed E-state index contributed by atoms with van der Waals surface area (Å²) in [5.41, 5.74) is -4.22. The molecule has 4 N–H and O–H groups in total. The number of amides is 4. The summed E-state index contributed by atoms with van der Waals surface area (Å²) in [7, 11) is 1.19. The highest BCUT2D eigenvalue weighted by molar-refractivity contribution is 5.96. The van der Waals surface area contributed by atoms with Crippen molar-refractivity contribution in [1.29, 1.82) is 0 Å². The van der Waals surface area contributed by atoms with Gasteiger partial charge in [0.05, 0.1) is 33.5 Å². The summed E-state index contributed by atoms with van der Waals surface area (Å²) in [6, 6.07) is -2.11. The number of hydrogen-bond acceptors (Lipinski definition) is 10. The van der Waals surface area contributed by atoms with Crippen molar-refractivity contribution >= 4 is 35.6 Å². The minimum atomic E-state index is -1.39. The van der Waals surface area contributed by atoms with Crippen molar-refractivity contribution in [2.24, 2.45) is 5.41 Å². The fourth-order valence-corrected chi connectivity index (χ4v) is 3.11. The van der Waals surface area contributed by atoms with Gasteiger partial charge in [-0.3, -0.25) is 19.2 Å². The molecule has 44 heavy (non-hydrogen) atoms. The molecule has 0 heterocycles. The van der Waals surface area contributed by atoms with Gasteiger partial charge in [-0.1, -0.05) is 32.9 Å². The number of ether oxygens (including phenoxy) is 4. The molecule has 2 atom stereocenters. The zero-order valence-electron chi connectivity index (χ0n) is 28.2. The molecule has 4 amide bonds. The number of alkyl carbamates (subject to hydrolysis) is 1. The number of nitrogens with one attached hydrogen (secondary N) is 4. The average molecular weight is 629 g/mol. The van der Waals surface area contributed by atoms with E-state index in [1.807, 2.05) is 0 Å². The molecular formula is C30H52N4O10. The molecule has 14 nitrogen and oxygen atoms in total. The molecule has 0 saturated carbocycles. The zero-order valence-corrected chi connectivity index (χ0v) is 28.2. The van der Waals surface area contributed by atoms with Gasteiger partial charge >= 0.3 is 12.1 Å². The Kier molecular flexibility index (Phi) is 15.7. The lowest BCUT2D eigenvalue weighted by molar-refractivity contribution is -0.150. The fraction of sp³-hybridized carbons (Fsp3) is 0.733. The molecule has 14 heteroatoms. The topological polar surface area (TPSA) is 187 Å². The van der Waals surface area contributed by atoms with Crippen molar-refractivity contribution in [1.82, 2.24) is 21.3 Å². The van der Waals surface area contributed by atoms with Gasteiger partial charge in [0.15, 0.2) is 5.78 Å². The molecule has 0 aliphatic carbocycles. The van der Waals surface area contributed by atoms with Crippen molar-refractivity contribution in [3.63, 3.8) is 0 Å². The molecule has 0 aliphatic heterocycles. The molecule has 0 bridgehead atoms. The molecule has 0 fully saturated rings. The smallest absolute Gasteiger partial charge is 0.408 e. The van der Waals surface area contributed by atoms with E-state index in [2.05, 4.69) is 21.3 Å². The molecule has 0 saturated heterocycles. The molecule has 0 aromatic carbocycles. The van der Waals surface area contributed by atoms with Crippen LogP contribution in [0.4, 0.5) is 4.79 Å². The maximum atomic E-state index is 13.1. The van der Waals surface area contributed by atoms with Crippen LogP contribution in [0.25, 0.3) is 0 Å². The predicted octanol–water partition coefficient (Wildman–Crippen LogP) is 1.55. The summed E-state index contributed by atoms with van der Waals surface area (Å²) >= 11 is 0. The molecule has 252 valence electrons. The van der Waals surface area contributed by atoms with Gasteiger partial charge in [0, 0.05) is 5.41 Å². The van der Waals surface area contributed by atoms with E-state index in [9.17, 15) is 28.8 Å². The number of carbonyl (C=O) groups is 6. The normalized spacial score (nSPS) is 13.8. The van der Waals surface area contributed by atoms with Crippen LogP contribution >= 0.6 is 0 Å². The average Bonchev–Trinajstić information content (AvgIpc) is 2.85. The van der Waals surface area contributed by atoms with Crippen molar-refractivity contribution in [2.45, 2.75) is 105 Å². The van der Waals surface area contributed by atoms with Crippen molar-refractivity contribution < 1.29 is 47.7 Å². The van der Waals surface area contributed by atoms with E-state index in [0.717, 1.165) is 0 Å². The number of esters is 1. The van der Waals surface area contributed by atoms with E-state index in [-0.39, 0.29) is 38.1 Å². The molecule has 0 aliphatic rings. The van der Waals surface area contributed by atoms with E-state index in [1.54, 1.807) is 53.7 Å². The van der Waals surface area contributed by atoms with Gasteiger partial charge in [0.25, 0.3) is 0 Å². The van der Waals surface area contributed by atoms with Gasteiger partial charge in [0.1, 0.15) is 28.8 Å². The maximum Gasteiger partial charge on any atom is 0.408 e. The Labute approximate surface area is 260 Å². The standard InChI is InChI=1S/C30H52N4O10/c1-19(35)20(32-26(40)44-28(5,6)7)17-42-15-13-14-16-43-18-21(22(36)33-30(10,11)25(39)41-12)31-24(38)29(8,9)34-23(37)27(2,3)4/h13-14,20-21H,15-18H2,1-12H3,(H,31,38)(H,32,40)(H,33,36)(H,34,37)/b14-13+/t20-,21-/m0/s1. The summed E-state index contributed by atoms with van der Waals surface area (Å²) in [5.74, 6) is -2.69. The number of methoxy groups -OCH3 is 1. The molecule has 0 radical (unpaired) electrons. The highest BCUT2D eigenvalue weighted by Gasteiger charge is 2.38. The Bertz CT molecular complexity index is 1060. The molecule has 0 rings (SSSR count). The first-order valence-electron chi connectivity index (χ1n) is 14.3. The second-order valence-electron chi connectivity index (χ2n) is 13.3. The third-order valence-corrected chi connectivity index (χ3v) is 5.77. The summed E-state index contributed by atoms with van der Waals surface area (Å²) in [5, 5.41) is 10.3. The van der Waals surface area contributed by atoms with Crippen LogP contribution in [0, 0.1) is 5.41 Å². The molecular weight excluding hydrogens is 576 g/mol. The highest BCUT2D eigenvalue weighted by Crippen LogP contribution is 2.16. The van der Waals surface area contributed by atoms with Crippen LogP contribution in [0.1, 0.15) is 76.2 Å². The summed E-state index contributed by atoms with van der Waals surface area (Å²) in [6.07, 6.45) is 2.49. The van der Waals surface area contributed by atoms with Gasteiger partial charge in [-0.15, -0.1) is 0 Å². The van der Waals surface area contributed by atoms with Crippen LogP contribution < -0.4 is 21.3 Å². The minimum Gasteiger partial charge on any atom is -0.467 e. The predicted molar refractivity (Wildman–Crippen MR) is 162 cm³/mol. The monoisotopic (exact) mass is 628 g/mol. The number of ketones is 1. The Morgan fingerprint density at radius 3 is 1.61 bits per heavy atom. The van der Waals surface area contributed by atoms with Crippen LogP contribution in [0.5, 0.6) is 0 Å². The fourth-order valence-electron chi connectivity index (χ4n) is 3.11. The maximum absolute atomic E-state index is 13.1. The van der Waals surface area contributed by atoms with Gasteiger partial charge < -0.3 is 40.2 Å². The van der Waals surface area contributed by atoms with Crippen LogP contribution in [0.3, 0.4) is 0 Å². The quantitative estimate of drug-likeness (QED) is 0.111. The lowest BCUT2D eigenvalue weighted by Crippen LogP contribution is -2.63. The second-order valence-corrected chi connectivity index (χ2v) is 13.3. The Balaban J connectivity index is 5.23. The molecule has 0 aromatic heterocycles. The second kappa shape index (κ2) is 17.1. The SMILES string of the molecule is COC(=O)C(C)(C)NC(=O)[C@H](COC/C=C/COC[C@H](NC(=O)OC(C)(C)C)C(C)=O)NC(=O)C(C)(C)NC(=O)C(C)(C)C. The minimum absolute atomic E-state index is 0.0276. The number of Topliss-reactive ketones (excluding diaryl/α,β-unsaturated/α-hetero) is 1. The lowest BCUT2D eigenvalue weighted by Gasteiger charge is -2.32. The first-order chi connectivity index (χ1) is 19.9. The molecule has 0 aromatic rings. The lowest BCUT2D eigenvalue weighted by atomic mass is 9.93. The third-order valence-electron chi connectivity index (χ3n) is 5.77. The first-order valence-corrected chi connectivity index (χ1v) is 14.3. The summed E-state index contributed by atoms with van der Waals surface area (Å²) in [6.45, 7) is 17.2. The van der Waals surface area contributed by atoms with E-state index in [0.29, 0.717) is 0 Å². The van der Waals surface area contributed by atoms with Gasteiger partial charge in [0.2, 0.25) is 17.7 Å². The highest BCUT2D eigenvalue weighted by atomic mass is 16.6. The Morgan fingerprint density at radius 2 is 1.18 bits per heavy atom. The zero-order chi connectivity index (χ0) is 34.5. The van der Waals surface area contributed by atoms with E-state index >= 15 is 0 Å². The summed E-state index contributed by atoms with van der Waals surface area (Å²) in [4.78, 5) is 74.6.